The number of carbonyl (C=O) groups excluding carboxylic acids is 1. The van der Waals surface area contributed by atoms with Crippen molar-refractivity contribution in [2.24, 2.45) is 5.92 Å². The van der Waals surface area contributed by atoms with E-state index < -0.39 is 0 Å². The Bertz CT molecular complexity index is 554. The Morgan fingerprint density at radius 1 is 1.21 bits per heavy atom. The Balaban J connectivity index is 1.60. The first-order valence-corrected chi connectivity index (χ1v) is 9.66. The van der Waals surface area contributed by atoms with Crippen LogP contribution in [-0.2, 0) is 4.79 Å². The van der Waals surface area contributed by atoms with Gasteiger partial charge >= 0.3 is 0 Å². The SMILES string of the molecule is Cc1cc(NC(C)C(=O)N2CCC(C)CC2)nn1C1CCCCC1. The molecule has 2 fully saturated rings. The van der Waals surface area contributed by atoms with E-state index in [0.29, 0.717) is 6.04 Å². The molecule has 2 heterocycles. The summed E-state index contributed by atoms with van der Waals surface area (Å²) in [6, 6.07) is 2.40. The number of piperidine rings is 1. The van der Waals surface area contributed by atoms with E-state index in [4.69, 9.17) is 5.10 Å². The number of hydrogen-bond acceptors (Lipinski definition) is 3. The maximum Gasteiger partial charge on any atom is 0.244 e. The normalized spacial score (nSPS) is 21.7. The third kappa shape index (κ3) is 3.93. The van der Waals surface area contributed by atoms with Gasteiger partial charge in [-0.3, -0.25) is 9.48 Å². The van der Waals surface area contributed by atoms with Gasteiger partial charge in [0.05, 0.1) is 6.04 Å². The Morgan fingerprint density at radius 3 is 2.54 bits per heavy atom. The fourth-order valence-electron chi connectivity index (χ4n) is 4.04. The molecule has 24 heavy (non-hydrogen) atoms. The largest absolute Gasteiger partial charge is 0.357 e. The van der Waals surface area contributed by atoms with Crippen molar-refractivity contribution in [2.45, 2.75) is 77.8 Å². The highest BCUT2D eigenvalue weighted by Gasteiger charge is 2.25. The summed E-state index contributed by atoms with van der Waals surface area (Å²) in [5.41, 5.74) is 1.19. The Kier molecular flexibility index (Phi) is 5.47. The molecule has 1 aromatic heterocycles. The summed E-state index contributed by atoms with van der Waals surface area (Å²) in [5, 5.41) is 8.08. The van der Waals surface area contributed by atoms with E-state index in [1.54, 1.807) is 0 Å². The van der Waals surface area contributed by atoms with Crippen molar-refractivity contribution in [3.8, 4) is 0 Å². The summed E-state index contributed by atoms with van der Waals surface area (Å²) in [6.45, 7) is 8.12. The van der Waals surface area contributed by atoms with Crippen molar-refractivity contribution in [3.05, 3.63) is 11.8 Å². The van der Waals surface area contributed by atoms with Crippen LogP contribution in [0.25, 0.3) is 0 Å². The molecule has 1 N–H and O–H groups in total. The predicted octanol–water partition coefficient (Wildman–Crippen LogP) is 3.76. The lowest BCUT2D eigenvalue weighted by Crippen LogP contribution is -2.45. The van der Waals surface area contributed by atoms with Gasteiger partial charge in [-0.25, -0.2) is 0 Å². The first kappa shape index (κ1) is 17.3. The number of likely N-dealkylation sites (tertiary alicyclic amines) is 1. The van der Waals surface area contributed by atoms with Crippen LogP contribution in [0, 0.1) is 12.8 Å². The first-order chi connectivity index (χ1) is 11.5. The molecule has 1 atom stereocenters. The van der Waals surface area contributed by atoms with Crippen LogP contribution in [0.5, 0.6) is 0 Å². The van der Waals surface area contributed by atoms with Crippen molar-refractivity contribution in [1.82, 2.24) is 14.7 Å². The van der Waals surface area contributed by atoms with E-state index in [0.717, 1.165) is 37.7 Å². The van der Waals surface area contributed by atoms with Crippen LogP contribution in [0.2, 0.25) is 0 Å². The average molecular weight is 332 g/mol. The third-order valence-electron chi connectivity index (χ3n) is 5.67. The number of hydrogen-bond donors (Lipinski definition) is 1. The molecule has 1 saturated heterocycles. The molecular formula is C19H32N4O. The Morgan fingerprint density at radius 2 is 1.88 bits per heavy atom. The van der Waals surface area contributed by atoms with Crippen LogP contribution in [-0.4, -0.2) is 39.7 Å². The maximum atomic E-state index is 12.6. The fraction of sp³-hybridized carbons (Fsp3) is 0.789. The maximum absolute atomic E-state index is 12.6. The van der Waals surface area contributed by atoms with Gasteiger partial charge in [0.2, 0.25) is 5.91 Å². The number of carbonyl (C=O) groups is 1. The van der Waals surface area contributed by atoms with Crippen molar-refractivity contribution >= 4 is 11.7 Å². The van der Waals surface area contributed by atoms with Gasteiger partial charge in [-0.05, 0) is 45.4 Å². The van der Waals surface area contributed by atoms with Crippen molar-refractivity contribution in [3.63, 3.8) is 0 Å². The molecule has 134 valence electrons. The number of amides is 1. The minimum atomic E-state index is -0.215. The lowest BCUT2D eigenvalue weighted by atomic mass is 9.95. The van der Waals surface area contributed by atoms with E-state index >= 15 is 0 Å². The van der Waals surface area contributed by atoms with Gasteiger partial charge < -0.3 is 10.2 Å². The summed E-state index contributed by atoms with van der Waals surface area (Å²) in [5.74, 6) is 1.78. The molecule has 2 aliphatic rings. The second kappa shape index (κ2) is 7.58. The number of nitrogens with one attached hydrogen (secondary N) is 1. The molecular weight excluding hydrogens is 300 g/mol. The van der Waals surface area contributed by atoms with Crippen LogP contribution >= 0.6 is 0 Å². The highest BCUT2D eigenvalue weighted by molar-refractivity contribution is 5.84. The molecule has 1 aliphatic carbocycles. The second-order valence-corrected chi connectivity index (χ2v) is 7.78. The first-order valence-electron chi connectivity index (χ1n) is 9.66. The molecule has 1 amide bonds. The molecule has 0 bridgehead atoms. The van der Waals surface area contributed by atoms with Crippen LogP contribution in [0.15, 0.2) is 6.07 Å². The molecule has 0 spiro atoms. The molecule has 0 aromatic carbocycles. The van der Waals surface area contributed by atoms with Crippen LogP contribution in [0.4, 0.5) is 5.82 Å². The minimum Gasteiger partial charge on any atom is -0.357 e. The lowest BCUT2D eigenvalue weighted by Gasteiger charge is -2.32. The highest BCUT2D eigenvalue weighted by Crippen LogP contribution is 2.29. The predicted molar refractivity (Wildman–Crippen MR) is 97.1 cm³/mol. The van der Waals surface area contributed by atoms with E-state index in [-0.39, 0.29) is 11.9 Å². The summed E-state index contributed by atoms with van der Waals surface area (Å²) in [4.78, 5) is 14.6. The summed E-state index contributed by atoms with van der Waals surface area (Å²) >= 11 is 0. The quantitative estimate of drug-likeness (QED) is 0.913. The standard InChI is InChI=1S/C19H32N4O/c1-14-9-11-22(12-10-14)19(24)16(3)20-18-13-15(2)23(21-18)17-7-5-4-6-8-17/h13-14,16-17H,4-12H2,1-3H3,(H,20,21). The zero-order chi connectivity index (χ0) is 17.1. The molecule has 1 aromatic rings. The summed E-state index contributed by atoms with van der Waals surface area (Å²) in [7, 11) is 0. The van der Waals surface area contributed by atoms with Gasteiger partial charge in [0.25, 0.3) is 0 Å². The average Bonchev–Trinajstić information content (AvgIpc) is 2.96. The number of aromatic nitrogens is 2. The Labute approximate surface area is 145 Å². The minimum absolute atomic E-state index is 0.201. The van der Waals surface area contributed by atoms with E-state index in [1.165, 1.54) is 37.8 Å². The van der Waals surface area contributed by atoms with Crippen LogP contribution in [0.1, 0.15) is 70.5 Å². The van der Waals surface area contributed by atoms with Crippen LogP contribution < -0.4 is 5.32 Å². The fourth-order valence-corrected chi connectivity index (χ4v) is 4.04. The molecule has 5 nitrogen and oxygen atoms in total. The topological polar surface area (TPSA) is 50.2 Å². The van der Waals surface area contributed by atoms with Crippen molar-refractivity contribution in [2.75, 3.05) is 18.4 Å². The summed E-state index contributed by atoms with van der Waals surface area (Å²) < 4.78 is 2.17. The van der Waals surface area contributed by atoms with Crippen molar-refractivity contribution in [1.29, 1.82) is 0 Å². The number of anilines is 1. The molecule has 1 unspecified atom stereocenters. The summed E-state index contributed by atoms with van der Waals surface area (Å²) in [6.07, 6.45) is 8.64. The smallest absolute Gasteiger partial charge is 0.244 e. The van der Waals surface area contributed by atoms with Gasteiger partial charge in [-0.15, -0.1) is 0 Å². The zero-order valence-corrected chi connectivity index (χ0v) is 15.4. The number of nitrogens with zero attached hydrogens (tertiary/aromatic N) is 3. The van der Waals surface area contributed by atoms with Gasteiger partial charge in [0.15, 0.2) is 0 Å². The number of rotatable bonds is 4. The molecule has 1 aliphatic heterocycles. The third-order valence-corrected chi connectivity index (χ3v) is 5.67. The Hall–Kier alpha value is -1.52. The van der Waals surface area contributed by atoms with Crippen LogP contribution in [0.3, 0.4) is 0 Å². The van der Waals surface area contributed by atoms with Gasteiger partial charge in [-0.1, -0.05) is 26.2 Å². The monoisotopic (exact) mass is 332 g/mol. The van der Waals surface area contributed by atoms with E-state index in [9.17, 15) is 4.79 Å². The second-order valence-electron chi connectivity index (χ2n) is 7.78. The molecule has 5 heteroatoms. The highest BCUT2D eigenvalue weighted by atomic mass is 16.2. The number of aryl methyl sites for hydroxylation is 1. The van der Waals surface area contributed by atoms with Crippen molar-refractivity contribution < 1.29 is 4.79 Å². The molecule has 1 saturated carbocycles. The lowest BCUT2D eigenvalue weighted by molar-refractivity contribution is -0.132. The van der Waals surface area contributed by atoms with E-state index in [2.05, 4.69) is 29.9 Å². The van der Waals surface area contributed by atoms with Gasteiger partial charge in [-0.2, -0.15) is 5.10 Å². The van der Waals surface area contributed by atoms with Gasteiger partial charge in [0.1, 0.15) is 11.9 Å². The van der Waals surface area contributed by atoms with Gasteiger partial charge in [0, 0.05) is 24.8 Å². The molecule has 0 radical (unpaired) electrons. The van der Waals surface area contributed by atoms with E-state index in [1.807, 2.05) is 11.8 Å². The molecule has 3 rings (SSSR count). The zero-order valence-electron chi connectivity index (χ0n) is 15.4.